The first kappa shape index (κ1) is 17.5. The highest BCUT2D eigenvalue weighted by Gasteiger charge is 2.06. The summed E-state index contributed by atoms with van der Waals surface area (Å²) in [6, 6.07) is 7.34. The van der Waals surface area contributed by atoms with Crippen molar-refractivity contribution in [1.82, 2.24) is 0 Å². The van der Waals surface area contributed by atoms with E-state index in [0.717, 1.165) is 25.0 Å². The Morgan fingerprint density at radius 3 is 2.62 bits per heavy atom. The molecule has 0 saturated heterocycles. The normalized spacial score (nSPS) is 11.9. The van der Waals surface area contributed by atoms with Crippen molar-refractivity contribution in [2.75, 3.05) is 26.9 Å². The van der Waals surface area contributed by atoms with Crippen LogP contribution in [-0.2, 0) is 20.8 Å². The van der Waals surface area contributed by atoms with Crippen molar-refractivity contribution >= 4 is 5.69 Å². The van der Waals surface area contributed by atoms with E-state index in [4.69, 9.17) is 19.7 Å². The molecular weight excluding hydrogens is 270 g/mol. The van der Waals surface area contributed by atoms with Crippen molar-refractivity contribution < 1.29 is 14.2 Å². The van der Waals surface area contributed by atoms with Gasteiger partial charge in [0.15, 0.2) is 0 Å². The maximum atomic E-state index is 8.34. The van der Waals surface area contributed by atoms with Crippen LogP contribution in [0, 0.1) is 0 Å². The molecule has 21 heavy (non-hydrogen) atoms. The summed E-state index contributed by atoms with van der Waals surface area (Å²) in [4.78, 5) is 2.74. The van der Waals surface area contributed by atoms with Crippen LogP contribution in [0.25, 0.3) is 10.4 Å². The SMILES string of the molecule is CCC(COCc1ccc(N=[N+]=[N-])cc1)OCCCOC. The Morgan fingerprint density at radius 2 is 2.00 bits per heavy atom. The van der Waals surface area contributed by atoms with Crippen molar-refractivity contribution in [1.29, 1.82) is 0 Å². The standard InChI is InChI=1S/C15H23N3O3/c1-3-15(21-10-4-9-19-2)12-20-11-13-5-7-14(8-6-13)17-18-16/h5-8,15H,3-4,9-12H2,1-2H3. The lowest BCUT2D eigenvalue weighted by Gasteiger charge is -2.16. The summed E-state index contributed by atoms with van der Waals surface area (Å²) in [5, 5.41) is 3.53. The minimum Gasteiger partial charge on any atom is -0.385 e. The van der Waals surface area contributed by atoms with Gasteiger partial charge in [0.1, 0.15) is 0 Å². The van der Waals surface area contributed by atoms with Gasteiger partial charge in [0.2, 0.25) is 0 Å². The zero-order chi connectivity index (χ0) is 15.3. The fraction of sp³-hybridized carbons (Fsp3) is 0.600. The lowest BCUT2D eigenvalue weighted by molar-refractivity contribution is -0.0277. The Labute approximate surface area is 125 Å². The minimum absolute atomic E-state index is 0.115. The molecule has 1 rings (SSSR count). The van der Waals surface area contributed by atoms with E-state index in [-0.39, 0.29) is 6.10 Å². The summed E-state index contributed by atoms with van der Waals surface area (Å²) in [7, 11) is 1.69. The number of methoxy groups -OCH3 is 1. The molecule has 0 fully saturated rings. The molecule has 1 aromatic carbocycles. The lowest BCUT2D eigenvalue weighted by Crippen LogP contribution is -2.20. The summed E-state index contributed by atoms with van der Waals surface area (Å²) < 4.78 is 16.4. The molecule has 0 bridgehead atoms. The number of hydrogen-bond donors (Lipinski definition) is 0. The summed E-state index contributed by atoms with van der Waals surface area (Å²) in [6.07, 6.45) is 1.93. The Hall–Kier alpha value is -1.59. The second-order valence-electron chi connectivity index (χ2n) is 4.62. The molecule has 0 saturated carbocycles. The molecule has 6 heteroatoms. The molecule has 0 heterocycles. The van der Waals surface area contributed by atoms with Gasteiger partial charge in [0.25, 0.3) is 0 Å². The third-order valence-electron chi connectivity index (χ3n) is 2.97. The quantitative estimate of drug-likeness (QED) is 0.268. The number of benzene rings is 1. The van der Waals surface area contributed by atoms with Gasteiger partial charge in [-0.1, -0.05) is 36.3 Å². The monoisotopic (exact) mass is 293 g/mol. The van der Waals surface area contributed by atoms with Gasteiger partial charge in [-0.25, -0.2) is 0 Å². The molecule has 1 unspecified atom stereocenters. The summed E-state index contributed by atoms with van der Waals surface area (Å²) >= 11 is 0. The van der Waals surface area contributed by atoms with Crippen LogP contribution in [0.2, 0.25) is 0 Å². The summed E-state index contributed by atoms with van der Waals surface area (Å²) in [5.41, 5.74) is 9.98. The molecule has 0 N–H and O–H groups in total. The second-order valence-corrected chi connectivity index (χ2v) is 4.62. The molecule has 0 aliphatic carbocycles. The highest BCUT2D eigenvalue weighted by Crippen LogP contribution is 2.14. The smallest absolute Gasteiger partial charge is 0.0806 e. The van der Waals surface area contributed by atoms with Crippen molar-refractivity contribution in [2.45, 2.75) is 32.5 Å². The lowest BCUT2D eigenvalue weighted by atomic mass is 10.2. The van der Waals surface area contributed by atoms with Crippen LogP contribution in [0.15, 0.2) is 29.4 Å². The molecule has 116 valence electrons. The van der Waals surface area contributed by atoms with Crippen LogP contribution >= 0.6 is 0 Å². The number of ether oxygens (including phenoxy) is 3. The maximum absolute atomic E-state index is 8.34. The average molecular weight is 293 g/mol. The number of rotatable bonds is 11. The largest absolute Gasteiger partial charge is 0.385 e. The van der Waals surface area contributed by atoms with Gasteiger partial charge in [-0.3, -0.25) is 0 Å². The van der Waals surface area contributed by atoms with E-state index in [1.807, 2.05) is 12.1 Å². The highest BCUT2D eigenvalue weighted by atomic mass is 16.5. The van der Waals surface area contributed by atoms with Gasteiger partial charge >= 0.3 is 0 Å². The van der Waals surface area contributed by atoms with E-state index in [2.05, 4.69) is 16.9 Å². The first-order valence-electron chi connectivity index (χ1n) is 7.12. The van der Waals surface area contributed by atoms with Gasteiger partial charge in [-0.15, -0.1) is 0 Å². The van der Waals surface area contributed by atoms with E-state index in [1.165, 1.54) is 0 Å². The Morgan fingerprint density at radius 1 is 1.24 bits per heavy atom. The van der Waals surface area contributed by atoms with E-state index >= 15 is 0 Å². The van der Waals surface area contributed by atoms with Crippen LogP contribution in [0.4, 0.5) is 5.69 Å². The van der Waals surface area contributed by atoms with Crippen LogP contribution in [-0.4, -0.2) is 33.0 Å². The molecule has 0 radical (unpaired) electrons. The number of hydrogen-bond acceptors (Lipinski definition) is 4. The van der Waals surface area contributed by atoms with E-state index < -0.39 is 0 Å². The predicted octanol–water partition coefficient (Wildman–Crippen LogP) is 3.98. The van der Waals surface area contributed by atoms with E-state index in [0.29, 0.717) is 25.5 Å². The van der Waals surface area contributed by atoms with Crippen LogP contribution in [0.3, 0.4) is 0 Å². The molecule has 0 aliphatic rings. The molecule has 0 amide bonds. The molecule has 0 spiro atoms. The van der Waals surface area contributed by atoms with Crippen LogP contribution in [0.1, 0.15) is 25.3 Å². The van der Waals surface area contributed by atoms with Gasteiger partial charge in [-0.2, -0.15) is 0 Å². The molecule has 0 aliphatic heterocycles. The van der Waals surface area contributed by atoms with E-state index in [9.17, 15) is 0 Å². The Bertz CT molecular complexity index is 430. The molecule has 1 aromatic rings. The fourth-order valence-electron chi connectivity index (χ4n) is 1.76. The first-order chi connectivity index (χ1) is 10.3. The van der Waals surface area contributed by atoms with Crippen LogP contribution < -0.4 is 0 Å². The Kier molecular flexibility index (Phi) is 9.24. The van der Waals surface area contributed by atoms with Crippen LogP contribution in [0.5, 0.6) is 0 Å². The second kappa shape index (κ2) is 11.1. The zero-order valence-corrected chi connectivity index (χ0v) is 12.7. The van der Waals surface area contributed by atoms with E-state index in [1.54, 1.807) is 19.2 Å². The highest BCUT2D eigenvalue weighted by molar-refractivity contribution is 5.38. The minimum atomic E-state index is 0.115. The molecule has 0 aromatic heterocycles. The predicted molar refractivity (Wildman–Crippen MR) is 81.4 cm³/mol. The number of azide groups is 1. The molecule has 6 nitrogen and oxygen atoms in total. The van der Waals surface area contributed by atoms with Crippen molar-refractivity contribution in [3.8, 4) is 0 Å². The van der Waals surface area contributed by atoms with Crippen molar-refractivity contribution in [3.05, 3.63) is 40.3 Å². The summed E-state index contributed by atoms with van der Waals surface area (Å²) in [5.74, 6) is 0. The van der Waals surface area contributed by atoms with Gasteiger partial charge in [-0.05, 0) is 23.9 Å². The van der Waals surface area contributed by atoms with Crippen molar-refractivity contribution in [3.63, 3.8) is 0 Å². The third kappa shape index (κ3) is 7.68. The maximum Gasteiger partial charge on any atom is 0.0806 e. The number of nitrogens with zero attached hydrogens (tertiary/aromatic N) is 3. The first-order valence-corrected chi connectivity index (χ1v) is 7.12. The molecule has 1 atom stereocenters. The topological polar surface area (TPSA) is 76.5 Å². The summed E-state index contributed by atoms with van der Waals surface area (Å²) in [6.45, 7) is 4.58. The van der Waals surface area contributed by atoms with Gasteiger partial charge in [0.05, 0.1) is 19.3 Å². The third-order valence-corrected chi connectivity index (χ3v) is 2.97. The average Bonchev–Trinajstić information content (AvgIpc) is 2.51. The van der Waals surface area contributed by atoms with Crippen molar-refractivity contribution in [2.24, 2.45) is 5.11 Å². The fourth-order valence-corrected chi connectivity index (χ4v) is 1.76. The van der Waals surface area contributed by atoms with Gasteiger partial charge < -0.3 is 14.2 Å². The Balaban J connectivity index is 2.25. The van der Waals surface area contributed by atoms with Gasteiger partial charge in [0, 0.05) is 30.9 Å². The molecular formula is C15H23N3O3. The zero-order valence-electron chi connectivity index (χ0n) is 12.7.